The van der Waals surface area contributed by atoms with Crippen molar-refractivity contribution in [3.8, 4) is 11.3 Å². The van der Waals surface area contributed by atoms with E-state index in [2.05, 4.69) is 16.7 Å². The number of rotatable bonds is 3. The van der Waals surface area contributed by atoms with E-state index in [9.17, 15) is 9.59 Å². The Bertz CT molecular complexity index is 939. The molecule has 0 N–H and O–H groups in total. The average Bonchev–Trinajstić information content (AvgIpc) is 2.58. The lowest BCUT2D eigenvalue weighted by Gasteiger charge is -2.08. The van der Waals surface area contributed by atoms with Crippen LogP contribution in [0.2, 0.25) is 0 Å². The molecular formula is C18H18N3O2+. The van der Waals surface area contributed by atoms with Gasteiger partial charge in [-0.05, 0) is 0 Å². The van der Waals surface area contributed by atoms with Gasteiger partial charge in [-0.1, -0.05) is 30.3 Å². The highest BCUT2D eigenvalue weighted by atomic mass is 16.2. The van der Waals surface area contributed by atoms with Crippen LogP contribution < -0.4 is 15.8 Å². The Morgan fingerprint density at radius 2 is 1.57 bits per heavy atom. The topological polar surface area (TPSA) is 47.9 Å². The van der Waals surface area contributed by atoms with Crippen molar-refractivity contribution in [2.24, 2.45) is 14.1 Å². The van der Waals surface area contributed by atoms with Crippen LogP contribution in [-0.4, -0.2) is 9.13 Å². The second-order valence-electron chi connectivity index (χ2n) is 5.51. The van der Waals surface area contributed by atoms with Crippen LogP contribution in [-0.2, 0) is 20.6 Å². The Labute approximate surface area is 133 Å². The summed E-state index contributed by atoms with van der Waals surface area (Å²) >= 11 is 0. The van der Waals surface area contributed by atoms with Crippen molar-refractivity contribution in [1.29, 1.82) is 0 Å². The van der Waals surface area contributed by atoms with Gasteiger partial charge in [0.2, 0.25) is 0 Å². The molecule has 0 aliphatic carbocycles. The SMILES string of the molecule is Cn1c(-c2cc[n+](Cc3ccccc3)cc2)cc(=O)n(C)c1=O. The highest BCUT2D eigenvalue weighted by molar-refractivity contribution is 5.57. The maximum absolute atomic E-state index is 12.0. The molecule has 0 spiro atoms. The highest BCUT2D eigenvalue weighted by Crippen LogP contribution is 2.13. The van der Waals surface area contributed by atoms with Crippen molar-refractivity contribution in [2.45, 2.75) is 6.54 Å². The van der Waals surface area contributed by atoms with E-state index in [1.54, 1.807) is 7.05 Å². The zero-order valence-corrected chi connectivity index (χ0v) is 13.1. The average molecular weight is 308 g/mol. The van der Waals surface area contributed by atoms with Crippen LogP contribution in [0.15, 0.2) is 70.5 Å². The standard InChI is InChI=1S/C18H18N3O2/c1-19-16(12-17(22)20(2)18(19)23)15-8-10-21(11-9-15)13-14-6-4-3-5-7-14/h3-12H,13H2,1-2H3/q+1. The lowest BCUT2D eigenvalue weighted by atomic mass is 10.1. The molecule has 5 heteroatoms. The molecule has 23 heavy (non-hydrogen) atoms. The number of hydrogen-bond acceptors (Lipinski definition) is 2. The molecule has 2 aromatic heterocycles. The van der Waals surface area contributed by atoms with E-state index in [1.165, 1.54) is 23.2 Å². The van der Waals surface area contributed by atoms with Crippen molar-refractivity contribution >= 4 is 0 Å². The lowest BCUT2D eigenvalue weighted by Crippen LogP contribution is -2.37. The van der Waals surface area contributed by atoms with E-state index in [4.69, 9.17) is 0 Å². The predicted molar refractivity (Wildman–Crippen MR) is 88.1 cm³/mol. The Hall–Kier alpha value is -2.95. The van der Waals surface area contributed by atoms with Crippen molar-refractivity contribution in [3.05, 3.63) is 87.3 Å². The third-order valence-corrected chi connectivity index (χ3v) is 3.92. The van der Waals surface area contributed by atoms with E-state index in [0.717, 1.165) is 16.7 Å². The third-order valence-electron chi connectivity index (χ3n) is 3.92. The number of benzene rings is 1. The van der Waals surface area contributed by atoms with Gasteiger partial charge in [-0.2, -0.15) is 0 Å². The summed E-state index contributed by atoms with van der Waals surface area (Å²) in [5.41, 5.74) is 2.04. The molecule has 0 aliphatic heterocycles. The predicted octanol–water partition coefficient (Wildman–Crippen LogP) is 1.09. The third kappa shape index (κ3) is 2.99. The fourth-order valence-electron chi connectivity index (χ4n) is 2.54. The van der Waals surface area contributed by atoms with Gasteiger partial charge in [0.1, 0.15) is 0 Å². The first kappa shape index (κ1) is 15.0. The molecule has 0 atom stereocenters. The maximum Gasteiger partial charge on any atom is 0.330 e. The van der Waals surface area contributed by atoms with Crippen molar-refractivity contribution in [3.63, 3.8) is 0 Å². The molecule has 1 aromatic carbocycles. The Balaban J connectivity index is 1.94. The van der Waals surface area contributed by atoms with Crippen LogP contribution in [0.3, 0.4) is 0 Å². The molecule has 5 nitrogen and oxygen atoms in total. The molecule has 0 aliphatic rings. The molecule has 0 radical (unpaired) electrons. The minimum absolute atomic E-state index is 0.302. The van der Waals surface area contributed by atoms with Crippen molar-refractivity contribution < 1.29 is 4.57 Å². The van der Waals surface area contributed by atoms with Crippen molar-refractivity contribution in [2.75, 3.05) is 0 Å². The smallest absolute Gasteiger partial charge is 0.296 e. The van der Waals surface area contributed by atoms with Crippen LogP contribution >= 0.6 is 0 Å². The van der Waals surface area contributed by atoms with Crippen LogP contribution in [0.4, 0.5) is 0 Å². The first-order valence-corrected chi connectivity index (χ1v) is 7.37. The second kappa shape index (κ2) is 6.04. The quantitative estimate of drug-likeness (QED) is 0.680. The highest BCUT2D eigenvalue weighted by Gasteiger charge is 2.10. The molecule has 116 valence electrons. The van der Waals surface area contributed by atoms with E-state index in [0.29, 0.717) is 5.69 Å². The molecule has 3 rings (SSSR count). The summed E-state index contributed by atoms with van der Waals surface area (Å²) in [5, 5.41) is 0. The molecule has 0 saturated heterocycles. The van der Waals surface area contributed by atoms with E-state index in [1.807, 2.05) is 42.7 Å². The first-order chi connectivity index (χ1) is 11.1. The van der Waals surface area contributed by atoms with Gasteiger partial charge in [0.15, 0.2) is 18.9 Å². The Kier molecular flexibility index (Phi) is 3.93. The van der Waals surface area contributed by atoms with Gasteiger partial charge in [-0.3, -0.25) is 13.9 Å². The minimum atomic E-state index is -0.325. The zero-order chi connectivity index (χ0) is 16.4. The number of aromatic nitrogens is 3. The zero-order valence-electron chi connectivity index (χ0n) is 13.1. The normalized spacial score (nSPS) is 10.7. The summed E-state index contributed by atoms with van der Waals surface area (Å²) in [6, 6.07) is 15.5. The van der Waals surface area contributed by atoms with Crippen LogP contribution in [0.1, 0.15) is 5.56 Å². The summed E-state index contributed by atoms with van der Waals surface area (Å²) in [6.45, 7) is 0.774. The molecule has 3 aromatic rings. The van der Waals surface area contributed by atoms with Gasteiger partial charge >= 0.3 is 5.69 Å². The van der Waals surface area contributed by atoms with Crippen molar-refractivity contribution in [1.82, 2.24) is 9.13 Å². The lowest BCUT2D eigenvalue weighted by molar-refractivity contribution is -0.688. The van der Waals surface area contributed by atoms with Gasteiger partial charge < -0.3 is 0 Å². The molecule has 0 amide bonds. The fraction of sp³-hybridized carbons (Fsp3) is 0.167. The van der Waals surface area contributed by atoms with E-state index >= 15 is 0 Å². The first-order valence-electron chi connectivity index (χ1n) is 7.37. The van der Waals surface area contributed by atoms with Gasteiger partial charge in [-0.15, -0.1) is 0 Å². The molecule has 0 fully saturated rings. The van der Waals surface area contributed by atoms with E-state index in [-0.39, 0.29) is 11.2 Å². The van der Waals surface area contributed by atoms with Crippen LogP contribution in [0, 0.1) is 0 Å². The monoisotopic (exact) mass is 308 g/mol. The molecular weight excluding hydrogens is 290 g/mol. The maximum atomic E-state index is 12.0. The van der Waals surface area contributed by atoms with Gasteiger partial charge in [0.25, 0.3) is 5.56 Å². The summed E-state index contributed by atoms with van der Waals surface area (Å²) in [7, 11) is 3.15. The largest absolute Gasteiger partial charge is 0.330 e. The summed E-state index contributed by atoms with van der Waals surface area (Å²) < 4.78 is 4.64. The summed E-state index contributed by atoms with van der Waals surface area (Å²) in [6.07, 6.45) is 3.90. The summed E-state index contributed by atoms with van der Waals surface area (Å²) in [5.74, 6) is 0. The molecule has 0 unspecified atom stereocenters. The second-order valence-corrected chi connectivity index (χ2v) is 5.51. The minimum Gasteiger partial charge on any atom is -0.296 e. The number of pyridine rings is 1. The molecule has 2 heterocycles. The Morgan fingerprint density at radius 1 is 0.913 bits per heavy atom. The van der Waals surface area contributed by atoms with Crippen LogP contribution in [0.25, 0.3) is 11.3 Å². The van der Waals surface area contributed by atoms with Gasteiger partial charge in [0.05, 0.1) is 5.69 Å². The fourth-order valence-corrected chi connectivity index (χ4v) is 2.54. The van der Waals surface area contributed by atoms with Gasteiger partial charge in [-0.25, -0.2) is 9.36 Å². The number of nitrogens with zero attached hydrogens (tertiary/aromatic N) is 3. The number of hydrogen-bond donors (Lipinski definition) is 0. The van der Waals surface area contributed by atoms with E-state index < -0.39 is 0 Å². The molecule has 0 bridgehead atoms. The van der Waals surface area contributed by atoms with Gasteiger partial charge in [0, 0.05) is 43.4 Å². The van der Waals surface area contributed by atoms with Crippen LogP contribution in [0.5, 0.6) is 0 Å². The summed E-state index contributed by atoms with van der Waals surface area (Å²) in [4.78, 5) is 23.9. The Morgan fingerprint density at radius 3 is 2.22 bits per heavy atom. The molecule has 0 saturated carbocycles.